The van der Waals surface area contributed by atoms with Gasteiger partial charge in [0.25, 0.3) is 0 Å². The molecule has 1 heterocycles. The number of hydrogen-bond donors (Lipinski definition) is 2. The zero-order chi connectivity index (χ0) is 9.68. The Morgan fingerprint density at radius 2 is 2.08 bits per heavy atom. The molecule has 1 aromatic rings. The van der Waals surface area contributed by atoms with Crippen LogP contribution in [0.4, 0.5) is 6.01 Å². The predicted octanol–water partition coefficient (Wildman–Crippen LogP) is 1.13. The van der Waals surface area contributed by atoms with E-state index in [4.69, 9.17) is 10.2 Å². The first-order valence-electron chi connectivity index (χ1n) is 4.59. The summed E-state index contributed by atoms with van der Waals surface area (Å²) in [5, 5.41) is 10.7. The lowest BCUT2D eigenvalue weighted by Crippen LogP contribution is -2.17. The van der Waals surface area contributed by atoms with Crippen LogP contribution >= 0.6 is 0 Å². The zero-order valence-electron chi connectivity index (χ0n) is 8.08. The van der Waals surface area contributed by atoms with E-state index in [9.17, 15) is 0 Å². The second kappa shape index (κ2) is 4.81. The molecule has 13 heavy (non-hydrogen) atoms. The van der Waals surface area contributed by atoms with Crippen molar-refractivity contribution >= 4 is 6.01 Å². The van der Waals surface area contributed by atoms with Crippen LogP contribution in [-0.2, 0) is 6.54 Å². The molecule has 0 bridgehead atoms. The van der Waals surface area contributed by atoms with Crippen LogP contribution in [0.15, 0.2) is 4.42 Å². The number of anilines is 1. The summed E-state index contributed by atoms with van der Waals surface area (Å²) in [6.07, 6.45) is 2.08. The number of hydrogen-bond acceptors (Lipinski definition) is 5. The van der Waals surface area contributed by atoms with Crippen LogP contribution < -0.4 is 11.1 Å². The maximum Gasteiger partial charge on any atom is 0.315 e. The van der Waals surface area contributed by atoms with Gasteiger partial charge in [-0.05, 0) is 12.8 Å². The summed E-state index contributed by atoms with van der Waals surface area (Å²) in [4.78, 5) is 0. The molecule has 0 aliphatic carbocycles. The molecule has 0 aromatic carbocycles. The van der Waals surface area contributed by atoms with E-state index < -0.39 is 0 Å². The summed E-state index contributed by atoms with van der Waals surface area (Å²) < 4.78 is 5.21. The summed E-state index contributed by atoms with van der Waals surface area (Å²) in [5.41, 5.74) is 5.33. The lowest BCUT2D eigenvalue weighted by atomic mass is 10.2. The van der Waals surface area contributed by atoms with Crippen molar-refractivity contribution in [2.24, 2.45) is 5.73 Å². The molecule has 0 saturated heterocycles. The van der Waals surface area contributed by atoms with E-state index in [1.807, 2.05) is 0 Å². The van der Waals surface area contributed by atoms with Gasteiger partial charge in [-0.15, -0.1) is 5.10 Å². The number of rotatable bonds is 5. The van der Waals surface area contributed by atoms with Gasteiger partial charge >= 0.3 is 6.01 Å². The Bertz CT molecular complexity index is 244. The van der Waals surface area contributed by atoms with Gasteiger partial charge in [0.2, 0.25) is 5.89 Å². The van der Waals surface area contributed by atoms with Gasteiger partial charge in [0.05, 0.1) is 6.54 Å². The van der Waals surface area contributed by atoms with E-state index in [1.54, 1.807) is 0 Å². The summed E-state index contributed by atoms with van der Waals surface area (Å²) in [7, 11) is 0. The fourth-order valence-electron chi connectivity index (χ4n) is 1.06. The van der Waals surface area contributed by atoms with Crippen molar-refractivity contribution in [1.29, 1.82) is 0 Å². The summed E-state index contributed by atoms with van der Waals surface area (Å²) in [6, 6.07) is 0.861. The maximum absolute atomic E-state index is 5.33. The Morgan fingerprint density at radius 3 is 2.54 bits per heavy atom. The highest BCUT2D eigenvalue weighted by Gasteiger charge is 2.08. The van der Waals surface area contributed by atoms with Crippen LogP contribution in [0.3, 0.4) is 0 Å². The molecular formula is C8H16N4O. The summed E-state index contributed by atoms with van der Waals surface area (Å²) in [5.74, 6) is 0.466. The number of nitrogens with two attached hydrogens (primary N) is 1. The topological polar surface area (TPSA) is 77.0 Å². The van der Waals surface area contributed by atoms with E-state index in [-0.39, 0.29) is 6.54 Å². The van der Waals surface area contributed by atoms with E-state index >= 15 is 0 Å². The van der Waals surface area contributed by atoms with Crippen LogP contribution in [0.2, 0.25) is 0 Å². The molecule has 0 unspecified atom stereocenters. The molecule has 0 radical (unpaired) electrons. The average Bonchev–Trinajstić information content (AvgIpc) is 2.61. The van der Waals surface area contributed by atoms with Crippen molar-refractivity contribution in [3.05, 3.63) is 5.89 Å². The van der Waals surface area contributed by atoms with Crippen molar-refractivity contribution < 1.29 is 4.42 Å². The normalized spacial score (nSPS) is 10.8. The lowest BCUT2D eigenvalue weighted by Gasteiger charge is -2.11. The molecule has 1 aromatic heterocycles. The van der Waals surface area contributed by atoms with Gasteiger partial charge in [0.15, 0.2) is 0 Å². The van der Waals surface area contributed by atoms with Crippen LogP contribution in [0.5, 0.6) is 0 Å². The van der Waals surface area contributed by atoms with Crippen molar-refractivity contribution in [1.82, 2.24) is 10.2 Å². The smallest absolute Gasteiger partial charge is 0.315 e. The molecule has 1 rings (SSSR count). The number of nitrogens with one attached hydrogen (secondary N) is 1. The first-order chi connectivity index (χ1) is 6.30. The van der Waals surface area contributed by atoms with Gasteiger partial charge in [0, 0.05) is 6.04 Å². The van der Waals surface area contributed by atoms with Crippen molar-refractivity contribution in [2.45, 2.75) is 39.3 Å². The molecule has 0 aliphatic heterocycles. The number of aromatic nitrogens is 2. The van der Waals surface area contributed by atoms with Crippen LogP contribution in [0, 0.1) is 0 Å². The molecule has 0 spiro atoms. The fraction of sp³-hybridized carbons (Fsp3) is 0.750. The summed E-state index contributed by atoms with van der Waals surface area (Å²) in [6.45, 7) is 4.51. The molecule has 74 valence electrons. The highest BCUT2D eigenvalue weighted by Crippen LogP contribution is 2.09. The van der Waals surface area contributed by atoms with Crippen LogP contribution in [0.25, 0.3) is 0 Å². The minimum absolute atomic E-state index is 0.289. The van der Waals surface area contributed by atoms with E-state index in [2.05, 4.69) is 29.4 Å². The quantitative estimate of drug-likeness (QED) is 0.717. The molecule has 5 heteroatoms. The molecule has 3 N–H and O–H groups in total. The third kappa shape index (κ3) is 2.69. The second-order valence-corrected chi connectivity index (χ2v) is 2.86. The van der Waals surface area contributed by atoms with Crippen molar-refractivity contribution in [2.75, 3.05) is 5.32 Å². The Kier molecular flexibility index (Phi) is 3.70. The lowest BCUT2D eigenvalue weighted by molar-refractivity contribution is 0.496. The molecule has 5 nitrogen and oxygen atoms in total. The molecule has 0 aliphatic rings. The third-order valence-electron chi connectivity index (χ3n) is 1.95. The Labute approximate surface area is 77.7 Å². The standard InChI is InChI=1S/C8H16N4O/c1-3-6(4-2)10-8-12-11-7(5-9)13-8/h6H,3-5,9H2,1-2H3,(H,10,12). The minimum atomic E-state index is 0.289. The number of nitrogens with zero attached hydrogens (tertiary/aromatic N) is 2. The average molecular weight is 184 g/mol. The second-order valence-electron chi connectivity index (χ2n) is 2.86. The maximum atomic E-state index is 5.33. The first kappa shape index (κ1) is 9.98. The summed E-state index contributed by atoms with van der Waals surface area (Å²) >= 11 is 0. The highest BCUT2D eigenvalue weighted by molar-refractivity contribution is 5.18. The van der Waals surface area contributed by atoms with Gasteiger partial charge in [-0.2, -0.15) is 0 Å². The van der Waals surface area contributed by atoms with Gasteiger partial charge in [-0.25, -0.2) is 0 Å². The molecule has 0 fully saturated rings. The molecule has 0 amide bonds. The molecule has 0 atom stereocenters. The van der Waals surface area contributed by atoms with Gasteiger partial charge < -0.3 is 15.5 Å². The molecule has 0 saturated carbocycles. The van der Waals surface area contributed by atoms with E-state index in [0.717, 1.165) is 12.8 Å². The van der Waals surface area contributed by atoms with Crippen molar-refractivity contribution in [3.63, 3.8) is 0 Å². The van der Waals surface area contributed by atoms with E-state index in [1.165, 1.54) is 0 Å². The SMILES string of the molecule is CCC(CC)Nc1nnc(CN)o1. The zero-order valence-corrected chi connectivity index (χ0v) is 8.08. The Balaban J connectivity index is 2.52. The monoisotopic (exact) mass is 184 g/mol. The Hall–Kier alpha value is -1.10. The first-order valence-corrected chi connectivity index (χ1v) is 4.59. The van der Waals surface area contributed by atoms with Crippen LogP contribution in [0.1, 0.15) is 32.6 Å². The van der Waals surface area contributed by atoms with Gasteiger partial charge in [-0.3, -0.25) is 0 Å². The van der Waals surface area contributed by atoms with Crippen LogP contribution in [-0.4, -0.2) is 16.2 Å². The Morgan fingerprint density at radius 1 is 1.38 bits per heavy atom. The van der Waals surface area contributed by atoms with Gasteiger partial charge in [0.1, 0.15) is 0 Å². The van der Waals surface area contributed by atoms with E-state index in [0.29, 0.717) is 17.9 Å². The predicted molar refractivity (Wildman–Crippen MR) is 50.2 cm³/mol. The highest BCUT2D eigenvalue weighted by atomic mass is 16.4. The van der Waals surface area contributed by atoms with Crippen molar-refractivity contribution in [3.8, 4) is 0 Å². The fourth-order valence-corrected chi connectivity index (χ4v) is 1.06. The largest absolute Gasteiger partial charge is 0.407 e. The minimum Gasteiger partial charge on any atom is -0.407 e. The molecular weight excluding hydrogens is 168 g/mol. The third-order valence-corrected chi connectivity index (χ3v) is 1.95. The van der Waals surface area contributed by atoms with Gasteiger partial charge in [-0.1, -0.05) is 18.9 Å².